The molecule has 1 atom stereocenters. The molecular weight excluding hydrogens is 422 g/mol. The lowest BCUT2D eigenvalue weighted by Gasteiger charge is -2.18. The van der Waals surface area contributed by atoms with Crippen LogP contribution in [0.5, 0.6) is 0 Å². The molecule has 0 saturated carbocycles. The lowest BCUT2D eigenvalue weighted by Crippen LogP contribution is -2.27. The predicted molar refractivity (Wildman–Crippen MR) is 106 cm³/mol. The van der Waals surface area contributed by atoms with Crippen molar-refractivity contribution in [2.75, 3.05) is 18.6 Å². The Morgan fingerprint density at radius 3 is 2.21 bits per heavy atom. The molecule has 0 bridgehead atoms. The maximum atomic E-state index is 12.9. The van der Waals surface area contributed by atoms with E-state index >= 15 is 0 Å². The van der Waals surface area contributed by atoms with E-state index in [1.54, 1.807) is 24.3 Å². The summed E-state index contributed by atoms with van der Waals surface area (Å²) in [5, 5.41) is -1.04. The summed E-state index contributed by atoms with van der Waals surface area (Å²) in [7, 11) is -9.81. The largest absolute Gasteiger partial charge is 0.243 e. The Hall–Kier alpha value is -1.75. The van der Waals surface area contributed by atoms with E-state index in [9.17, 15) is 25.3 Å². The Balaban J connectivity index is 1.90. The fourth-order valence-electron chi connectivity index (χ4n) is 3.12. The molecule has 1 aliphatic heterocycles. The molecule has 0 aliphatic carbocycles. The Labute approximate surface area is 165 Å². The van der Waals surface area contributed by atoms with E-state index in [0.29, 0.717) is 0 Å². The zero-order valence-electron chi connectivity index (χ0n) is 15.2. The smallest absolute Gasteiger partial charge is 0.229 e. The zero-order chi connectivity index (χ0) is 20.6. The van der Waals surface area contributed by atoms with Gasteiger partial charge >= 0.3 is 0 Å². The van der Waals surface area contributed by atoms with E-state index in [1.165, 1.54) is 25.2 Å². The summed E-state index contributed by atoms with van der Waals surface area (Å²) in [4.78, 5) is -0.323. The molecule has 0 amide bonds. The number of nitrogens with zero attached hydrogens (tertiary/aromatic N) is 1. The Morgan fingerprint density at radius 1 is 0.964 bits per heavy atom. The Kier molecular flexibility index (Phi) is 5.68. The van der Waals surface area contributed by atoms with Crippen LogP contribution < -0.4 is 0 Å². The lowest BCUT2D eigenvalue weighted by molar-refractivity contribution is 0.466. The molecule has 0 unspecified atom stereocenters. The molecule has 28 heavy (non-hydrogen) atoms. The van der Waals surface area contributed by atoms with Crippen molar-refractivity contribution in [2.24, 2.45) is 0 Å². The van der Waals surface area contributed by atoms with Gasteiger partial charge in [-0.25, -0.2) is 25.3 Å². The van der Waals surface area contributed by atoms with Crippen molar-refractivity contribution in [3.05, 3.63) is 60.2 Å². The summed E-state index contributed by atoms with van der Waals surface area (Å²) in [6.45, 7) is 0.140. The third-order valence-corrected chi connectivity index (χ3v) is 10.7. The molecule has 152 valence electrons. The third kappa shape index (κ3) is 4.29. The first kappa shape index (κ1) is 21.0. The van der Waals surface area contributed by atoms with Crippen LogP contribution in [-0.2, 0) is 36.2 Å². The average molecular weight is 444 g/mol. The van der Waals surface area contributed by atoms with Crippen molar-refractivity contribution >= 4 is 29.7 Å². The molecular formula is C18H21NO6S3. The average Bonchev–Trinajstić information content (AvgIpc) is 3.03. The van der Waals surface area contributed by atoms with Gasteiger partial charge in [0.2, 0.25) is 10.0 Å². The first-order chi connectivity index (χ1) is 13.0. The molecule has 7 nitrogen and oxygen atoms in total. The molecule has 1 saturated heterocycles. The summed E-state index contributed by atoms with van der Waals surface area (Å²) >= 11 is 0. The Bertz CT molecular complexity index is 1170. The van der Waals surface area contributed by atoms with E-state index in [2.05, 4.69) is 0 Å². The molecule has 0 aromatic heterocycles. The first-order valence-electron chi connectivity index (χ1n) is 8.57. The highest BCUT2D eigenvalue weighted by molar-refractivity contribution is 7.96. The van der Waals surface area contributed by atoms with Gasteiger partial charge in [0.25, 0.3) is 0 Å². The minimum Gasteiger partial charge on any atom is -0.229 e. The highest BCUT2D eigenvalue weighted by Crippen LogP contribution is 2.27. The van der Waals surface area contributed by atoms with Crippen LogP contribution in [0.3, 0.4) is 0 Å². The van der Waals surface area contributed by atoms with Crippen LogP contribution in [0, 0.1) is 0 Å². The SMILES string of the molecule is CN(Cc1ccccc1)S(=O)(=O)c1cccc(S(=O)(=O)[C@H]2CCS(=O)(=O)C2)c1. The molecule has 1 heterocycles. The van der Waals surface area contributed by atoms with E-state index in [4.69, 9.17) is 0 Å². The van der Waals surface area contributed by atoms with Crippen molar-refractivity contribution in [1.29, 1.82) is 0 Å². The van der Waals surface area contributed by atoms with Gasteiger partial charge in [-0.1, -0.05) is 36.4 Å². The normalized spacial score (nSPS) is 19.7. The molecule has 1 fully saturated rings. The molecule has 1 aliphatic rings. The van der Waals surface area contributed by atoms with Crippen LogP contribution >= 0.6 is 0 Å². The highest BCUT2D eigenvalue weighted by atomic mass is 32.2. The van der Waals surface area contributed by atoms with Gasteiger partial charge in [0.15, 0.2) is 19.7 Å². The van der Waals surface area contributed by atoms with Crippen molar-refractivity contribution in [2.45, 2.75) is 28.0 Å². The third-order valence-electron chi connectivity index (χ3n) is 4.72. The molecule has 3 rings (SSSR count). The van der Waals surface area contributed by atoms with E-state index in [0.717, 1.165) is 15.9 Å². The van der Waals surface area contributed by atoms with Gasteiger partial charge in [-0.15, -0.1) is 0 Å². The maximum absolute atomic E-state index is 12.9. The summed E-state index contributed by atoms with van der Waals surface area (Å²) in [5.41, 5.74) is 0.800. The van der Waals surface area contributed by atoms with E-state index < -0.39 is 40.7 Å². The van der Waals surface area contributed by atoms with Gasteiger partial charge in [0.05, 0.1) is 26.5 Å². The van der Waals surface area contributed by atoms with Gasteiger partial charge in [0, 0.05) is 13.6 Å². The van der Waals surface area contributed by atoms with Crippen LogP contribution in [0.15, 0.2) is 64.4 Å². The molecule has 0 radical (unpaired) electrons. The number of hydrogen-bond donors (Lipinski definition) is 0. The summed E-state index contributed by atoms with van der Waals surface area (Å²) in [6.07, 6.45) is 0.0234. The summed E-state index contributed by atoms with van der Waals surface area (Å²) < 4.78 is 75.8. The van der Waals surface area contributed by atoms with Gasteiger partial charge in [-0.3, -0.25) is 0 Å². The van der Waals surface area contributed by atoms with Crippen molar-refractivity contribution in [1.82, 2.24) is 4.31 Å². The van der Waals surface area contributed by atoms with Gasteiger partial charge in [-0.2, -0.15) is 4.31 Å². The minimum absolute atomic E-state index is 0.0234. The second-order valence-electron chi connectivity index (χ2n) is 6.79. The monoisotopic (exact) mass is 443 g/mol. The van der Waals surface area contributed by atoms with E-state index in [1.807, 2.05) is 6.07 Å². The zero-order valence-corrected chi connectivity index (χ0v) is 17.7. The molecule has 2 aromatic carbocycles. The topological polar surface area (TPSA) is 106 Å². The minimum atomic E-state index is -3.94. The van der Waals surface area contributed by atoms with Crippen LogP contribution in [0.2, 0.25) is 0 Å². The fraction of sp³-hybridized carbons (Fsp3) is 0.333. The first-order valence-corrected chi connectivity index (χ1v) is 13.4. The number of sulfonamides is 1. The second kappa shape index (κ2) is 7.58. The quantitative estimate of drug-likeness (QED) is 0.669. The van der Waals surface area contributed by atoms with Crippen LogP contribution in [0.1, 0.15) is 12.0 Å². The van der Waals surface area contributed by atoms with Gasteiger partial charge in [-0.05, 0) is 30.2 Å². The summed E-state index contributed by atoms with van der Waals surface area (Å²) in [6, 6.07) is 14.1. The van der Waals surface area contributed by atoms with Crippen molar-refractivity contribution in [3.8, 4) is 0 Å². The molecule has 10 heteroatoms. The number of benzene rings is 2. The van der Waals surface area contributed by atoms with Crippen molar-refractivity contribution < 1.29 is 25.3 Å². The van der Waals surface area contributed by atoms with Crippen LogP contribution in [0.4, 0.5) is 0 Å². The standard InChI is InChI=1S/C18H21NO6S3/c1-19(13-15-6-3-2-4-7-15)28(24,25)17-9-5-8-16(12-17)27(22,23)18-10-11-26(20,21)14-18/h2-9,12,18H,10-11,13-14H2,1H3/t18-/m0/s1. The molecule has 0 N–H and O–H groups in total. The predicted octanol–water partition coefficient (Wildman–Crippen LogP) is 1.47. The fourth-order valence-corrected chi connectivity index (χ4v) is 8.80. The summed E-state index contributed by atoms with van der Waals surface area (Å²) in [5.74, 6) is -0.602. The van der Waals surface area contributed by atoms with Crippen molar-refractivity contribution in [3.63, 3.8) is 0 Å². The number of rotatable bonds is 6. The van der Waals surface area contributed by atoms with Crippen LogP contribution in [-0.4, -0.2) is 53.4 Å². The molecule has 2 aromatic rings. The maximum Gasteiger partial charge on any atom is 0.243 e. The Morgan fingerprint density at radius 2 is 1.61 bits per heavy atom. The number of sulfone groups is 2. The van der Waals surface area contributed by atoms with Crippen LogP contribution in [0.25, 0.3) is 0 Å². The number of hydrogen-bond acceptors (Lipinski definition) is 6. The molecule has 0 spiro atoms. The van der Waals surface area contributed by atoms with Gasteiger partial charge in [0.1, 0.15) is 0 Å². The van der Waals surface area contributed by atoms with Gasteiger partial charge < -0.3 is 0 Å². The van der Waals surface area contributed by atoms with E-state index in [-0.39, 0.29) is 28.5 Å². The second-order valence-corrected chi connectivity index (χ2v) is 13.3. The highest BCUT2D eigenvalue weighted by Gasteiger charge is 2.38. The lowest BCUT2D eigenvalue weighted by atomic mass is 10.2.